The van der Waals surface area contributed by atoms with Gasteiger partial charge in [0.15, 0.2) is 0 Å². The van der Waals surface area contributed by atoms with Crippen LogP contribution >= 0.6 is 0 Å². The van der Waals surface area contributed by atoms with E-state index in [0.717, 1.165) is 12.2 Å². The minimum atomic E-state index is -0.386. The van der Waals surface area contributed by atoms with Crippen molar-refractivity contribution in [1.82, 2.24) is 9.55 Å². The molecular formula is C13H22N2O. The molecule has 1 aromatic rings. The van der Waals surface area contributed by atoms with Gasteiger partial charge < -0.3 is 9.67 Å². The second-order valence-electron chi connectivity index (χ2n) is 5.01. The zero-order chi connectivity index (χ0) is 11.4. The summed E-state index contributed by atoms with van der Waals surface area (Å²) < 4.78 is 1.92. The summed E-state index contributed by atoms with van der Waals surface area (Å²) in [5.74, 6) is 1.50. The lowest BCUT2D eigenvalue weighted by Crippen LogP contribution is -2.11. The first kappa shape index (κ1) is 11.6. The molecule has 1 heterocycles. The van der Waals surface area contributed by atoms with Gasteiger partial charge in [-0.25, -0.2) is 4.98 Å². The van der Waals surface area contributed by atoms with Gasteiger partial charge in [0.05, 0.1) is 0 Å². The molecule has 16 heavy (non-hydrogen) atoms. The van der Waals surface area contributed by atoms with Crippen molar-refractivity contribution in [1.29, 1.82) is 0 Å². The van der Waals surface area contributed by atoms with Crippen molar-refractivity contribution in [3.8, 4) is 0 Å². The van der Waals surface area contributed by atoms with Gasteiger partial charge >= 0.3 is 0 Å². The van der Waals surface area contributed by atoms with Crippen molar-refractivity contribution < 1.29 is 5.11 Å². The Hall–Kier alpha value is -0.830. The lowest BCUT2D eigenvalue weighted by atomic mass is 9.93. The summed E-state index contributed by atoms with van der Waals surface area (Å²) in [7, 11) is 1.94. The van der Waals surface area contributed by atoms with Crippen LogP contribution in [0.3, 0.4) is 0 Å². The molecule has 90 valence electrons. The minimum absolute atomic E-state index is 0.386. The number of aliphatic hydroxyl groups excluding tert-OH is 1. The molecule has 1 saturated carbocycles. The van der Waals surface area contributed by atoms with E-state index in [0.29, 0.717) is 5.92 Å². The molecule has 0 amide bonds. The lowest BCUT2D eigenvalue weighted by Gasteiger charge is -2.18. The normalized spacial score (nSPS) is 20.6. The highest BCUT2D eigenvalue weighted by atomic mass is 16.3. The quantitative estimate of drug-likeness (QED) is 0.799. The Kier molecular flexibility index (Phi) is 3.99. The molecule has 0 saturated heterocycles. The topological polar surface area (TPSA) is 38.0 Å². The van der Waals surface area contributed by atoms with Crippen LogP contribution in [0.4, 0.5) is 0 Å². The molecular weight excluding hydrogens is 200 g/mol. The molecule has 1 fully saturated rings. The number of aryl methyl sites for hydroxylation is 1. The van der Waals surface area contributed by atoms with Gasteiger partial charge in [-0.1, -0.05) is 38.5 Å². The Labute approximate surface area is 97.5 Å². The second-order valence-corrected chi connectivity index (χ2v) is 5.01. The molecule has 1 aliphatic carbocycles. The zero-order valence-electron chi connectivity index (χ0n) is 10.1. The maximum Gasteiger partial charge on any atom is 0.137 e. The van der Waals surface area contributed by atoms with Crippen LogP contribution in [-0.2, 0) is 7.05 Å². The first-order valence-electron chi connectivity index (χ1n) is 6.42. The Morgan fingerprint density at radius 2 is 2.06 bits per heavy atom. The van der Waals surface area contributed by atoms with Gasteiger partial charge in [-0.2, -0.15) is 0 Å². The van der Waals surface area contributed by atoms with Crippen molar-refractivity contribution in [2.45, 2.75) is 51.0 Å². The first-order valence-corrected chi connectivity index (χ1v) is 6.42. The molecule has 1 atom stereocenters. The van der Waals surface area contributed by atoms with Crippen molar-refractivity contribution in [2.75, 3.05) is 0 Å². The van der Waals surface area contributed by atoms with Crippen LogP contribution in [0.1, 0.15) is 56.9 Å². The van der Waals surface area contributed by atoms with Gasteiger partial charge in [0.1, 0.15) is 11.9 Å². The minimum Gasteiger partial charge on any atom is -0.385 e. The molecule has 0 aromatic carbocycles. The number of hydrogen-bond acceptors (Lipinski definition) is 2. The van der Waals surface area contributed by atoms with Crippen LogP contribution in [0.15, 0.2) is 12.4 Å². The van der Waals surface area contributed by atoms with E-state index in [2.05, 4.69) is 4.98 Å². The van der Waals surface area contributed by atoms with E-state index in [-0.39, 0.29) is 6.10 Å². The van der Waals surface area contributed by atoms with Crippen LogP contribution in [-0.4, -0.2) is 14.7 Å². The third kappa shape index (κ3) is 2.85. The number of nitrogens with zero attached hydrogens (tertiary/aromatic N) is 2. The van der Waals surface area contributed by atoms with E-state index in [4.69, 9.17) is 0 Å². The standard InChI is InChI=1S/C13H22N2O/c1-15-9-8-14-13(15)12(16)10-11-6-4-2-3-5-7-11/h8-9,11-12,16H,2-7,10H2,1H3. The summed E-state index contributed by atoms with van der Waals surface area (Å²) >= 11 is 0. The molecule has 0 bridgehead atoms. The van der Waals surface area contributed by atoms with Crippen LogP contribution in [0.2, 0.25) is 0 Å². The Morgan fingerprint density at radius 3 is 2.62 bits per heavy atom. The molecule has 2 rings (SSSR count). The predicted octanol–water partition coefficient (Wildman–Crippen LogP) is 2.81. The van der Waals surface area contributed by atoms with E-state index in [1.807, 2.05) is 17.8 Å². The average molecular weight is 222 g/mol. The fourth-order valence-corrected chi connectivity index (χ4v) is 2.72. The molecule has 0 spiro atoms. The number of rotatable bonds is 3. The number of hydrogen-bond donors (Lipinski definition) is 1. The van der Waals surface area contributed by atoms with Crippen molar-refractivity contribution >= 4 is 0 Å². The fraction of sp³-hybridized carbons (Fsp3) is 0.769. The Bertz CT molecular complexity index is 313. The van der Waals surface area contributed by atoms with E-state index in [1.54, 1.807) is 6.20 Å². The lowest BCUT2D eigenvalue weighted by molar-refractivity contribution is 0.127. The molecule has 0 radical (unpaired) electrons. The summed E-state index contributed by atoms with van der Waals surface area (Å²) in [4.78, 5) is 4.22. The van der Waals surface area contributed by atoms with Gasteiger partial charge in [-0.3, -0.25) is 0 Å². The smallest absolute Gasteiger partial charge is 0.137 e. The van der Waals surface area contributed by atoms with Crippen LogP contribution in [0.5, 0.6) is 0 Å². The highest BCUT2D eigenvalue weighted by molar-refractivity contribution is 4.95. The molecule has 3 nitrogen and oxygen atoms in total. The molecule has 3 heteroatoms. The molecule has 0 aliphatic heterocycles. The van der Waals surface area contributed by atoms with Gasteiger partial charge in [-0.15, -0.1) is 0 Å². The monoisotopic (exact) mass is 222 g/mol. The fourth-order valence-electron chi connectivity index (χ4n) is 2.72. The summed E-state index contributed by atoms with van der Waals surface area (Å²) in [5.41, 5.74) is 0. The second kappa shape index (κ2) is 5.48. The third-order valence-corrected chi connectivity index (χ3v) is 3.69. The zero-order valence-corrected chi connectivity index (χ0v) is 10.1. The van der Waals surface area contributed by atoms with Crippen molar-refractivity contribution in [3.05, 3.63) is 18.2 Å². The van der Waals surface area contributed by atoms with Gasteiger partial charge in [0.25, 0.3) is 0 Å². The van der Waals surface area contributed by atoms with Gasteiger partial charge in [0, 0.05) is 19.4 Å². The number of aliphatic hydroxyl groups is 1. The predicted molar refractivity (Wildman–Crippen MR) is 64.0 cm³/mol. The maximum atomic E-state index is 10.2. The average Bonchev–Trinajstić information content (AvgIpc) is 2.53. The van der Waals surface area contributed by atoms with E-state index >= 15 is 0 Å². The largest absolute Gasteiger partial charge is 0.385 e. The number of imidazole rings is 1. The van der Waals surface area contributed by atoms with Crippen LogP contribution in [0.25, 0.3) is 0 Å². The maximum absolute atomic E-state index is 10.2. The SMILES string of the molecule is Cn1ccnc1C(O)CC1CCCCCC1. The Morgan fingerprint density at radius 1 is 1.38 bits per heavy atom. The summed E-state index contributed by atoms with van der Waals surface area (Å²) in [6.45, 7) is 0. The van der Waals surface area contributed by atoms with E-state index < -0.39 is 0 Å². The molecule has 1 unspecified atom stereocenters. The first-order chi connectivity index (χ1) is 7.77. The van der Waals surface area contributed by atoms with Gasteiger partial charge in [-0.05, 0) is 12.3 Å². The summed E-state index contributed by atoms with van der Waals surface area (Å²) in [6, 6.07) is 0. The van der Waals surface area contributed by atoms with Crippen LogP contribution in [0, 0.1) is 5.92 Å². The van der Waals surface area contributed by atoms with Crippen molar-refractivity contribution in [3.63, 3.8) is 0 Å². The number of aromatic nitrogens is 2. The third-order valence-electron chi connectivity index (χ3n) is 3.69. The van der Waals surface area contributed by atoms with Crippen molar-refractivity contribution in [2.24, 2.45) is 13.0 Å². The van der Waals surface area contributed by atoms with Crippen LogP contribution < -0.4 is 0 Å². The summed E-state index contributed by atoms with van der Waals surface area (Å²) in [6.07, 6.45) is 12.1. The molecule has 1 N–H and O–H groups in total. The summed E-state index contributed by atoms with van der Waals surface area (Å²) in [5, 5.41) is 10.2. The highest BCUT2D eigenvalue weighted by Crippen LogP contribution is 2.30. The van der Waals surface area contributed by atoms with Gasteiger partial charge in [0.2, 0.25) is 0 Å². The molecule has 1 aromatic heterocycles. The van der Waals surface area contributed by atoms with E-state index in [1.165, 1.54) is 38.5 Å². The molecule has 1 aliphatic rings. The Balaban J connectivity index is 1.91. The van der Waals surface area contributed by atoms with E-state index in [9.17, 15) is 5.11 Å². The highest BCUT2D eigenvalue weighted by Gasteiger charge is 2.19.